The molecule has 1 aromatic carbocycles. The van der Waals surface area contributed by atoms with E-state index < -0.39 is 11.1 Å². The SMILES string of the molecule is CCC(C)(C)[C@@H]1CCc2c(sc3c2C(=O)N[C@@H](c2ccc(Br)c([N+](=O)[O-])c2)N3)C1. The van der Waals surface area contributed by atoms with Gasteiger partial charge in [-0.05, 0) is 58.2 Å². The fourth-order valence-corrected chi connectivity index (χ4v) is 6.01. The molecule has 0 saturated heterocycles. The molecule has 0 spiro atoms. The van der Waals surface area contributed by atoms with Gasteiger partial charge in [-0.3, -0.25) is 14.9 Å². The van der Waals surface area contributed by atoms with Crippen molar-refractivity contribution in [3.05, 3.63) is 54.4 Å². The fourth-order valence-electron chi connectivity index (χ4n) is 4.27. The van der Waals surface area contributed by atoms with Crippen LogP contribution in [0.15, 0.2) is 22.7 Å². The predicted molar refractivity (Wildman–Crippen MR) is 119 cm³/mol. The van der Waals surface area contributed by atoms with Gasteiger partial charge in [0.05, 0.1) is 15.0 Å². The van der Waals surface area contributed by atoms with Crippen LogP contribution in [-0.2, 0) is 12.8 Å². The lowest BCUT2D eigenvalue weighted by Crippen LogP contribution is -2.38. The van der Waals surface area contributed by atoms with E-state index in [0.29, 0.717) is 16.0 Å². The van der Waals surface area contributed by atoms with Crippen LogP contribution in [-0.4, -0.2) is 10.8 Å². The van der Waals surface area contributed by atoms with Crippen molar-refractivity contribution in [3.63, 3.8) is 0 Å². The average Bonchev–Trinajstić information content (AvgIpc) is 3.06. The lowest BCUT2D eigenvalue weighted by molar-refractivity contribution is -0.385. The minimum atomic E-state index is -0.482. The van der Waals surface area contributed by atoms with Crippen LogP contribution in [0.25, 0.3) is 0 Å². The Morgan fingerprint density at radius 3 is 2.79 bits per heavy atom. The summed E-state index contributed by atoms with van der Waals surface area (Å²) in [6.45, 7) is 6.90. The first-order valence-corrected chi connectivity index (χ1v) is 11.5. The lowest BCUT2D eigenvalue weighted by atomic mass is 9.69. The van der Waals surface area contributed by atoms with E-state index in [1.54, 1.807) is 23.5 Å². The largest absolute Gasteiger partial charge is 0.353 e. The van der Waals surface area contributed by atoms with Gasteiger partial charge in [0.15, 0.2) is 0 Å². The summed E-state index contributed by atoms with van der Waals surface area (Å²) in [7, 11) is 0. The van der Waals surface area contributed by atoms with Gasteiger partial charge >= 0.3 is 0 Å². The molecule has 0 radical (unpaired) electrons. The van der Waals surface area contributed by atoms with Gasteiger partial charge < -0.3 is 10.6 Å². The highest BCUT2D eigenvalue weighted by atomic mass is 79.9. The van der Waals surface area contributed by atoms with Crippen molar-refractivity contribution in [1.29, 1.82) is 0 Å². The summed E-state index contributed by atoms with van der Waals surface area (Å²) in [6.07, 6.45) is 3.70. The van der Waals surface area contributed by atoms with E-state index in [2.05, 4.69) is 47.3 Å². The molecule has 0 bridgehead atoms. The number of amides is 1. The molecule has 1 aromatic heterocycles. The van der Waals surface area contributed by atoms with E-state index in [1.807, 2.05) is 0 Å². The molecule has 2 atom stereocenters. The molecular formula is C21H24BrN3O3S. The molecular weight excluding hydrogens is 454 g/mol. The molecule has 8 heteroatoms. The van der Waals surface area contributed by atoms with Gasteiger partial charge in [0.25, 0.3) is 11.6 Å². The standard InChI is InChI=1S/C21H24BrN3O3S/c1-4-21(2,3)12-6-7-13-16(10-12)29-20-17(13)19(26)23-18(24-20)11-5-8-14(22)15(9-11)25(27)28/h5,8-9,12,18,24H,4,6-7,10H2,1-3H3,(H,23,26)/t12-,18-/m1/s1. The molecule has 1 aliphatic heterocycles. The molecule has 0 saturated carbocycles. The molecule has 29 heavy (non-hydrogen) atoms. The number of hydrogen-bond acceptors (Lipinski definition) is 5. The van der Waals surface area contributed by atoms with Crippen LogP contribution in [0.1, 0.15) is 66.1 Å². The first-order valence-electron chi connectivity index (χ1n) is 9.87. The van der Waals surface area contributed by atoms with Crippen LogP contribution in [0.3, 0.4) is 0 Å². The average molecular weight is 478 g/mol. The zero-order chi connectivity index (χ0) is 20.9. The number of carbonyl (C=O) groups is 1. The summed E-state index contributed by atoms with van der Waals surface area (Å²) in [5, 5.41) is 18.5. The van der Waals surface area contributed by atoms with Gasteiger partial charge in [0.2, 0.25) is 0 Å². The summed E-state index contributed by atoms with van der Waals surface area (Å²) in [4.78, 5) is 25.1. The minimum Gasteiger partial charge on any atom is -0.353 e. The maximum absolute atomic E-state index is 12.9. The van der Waals surface area contributed by atoms with E-state index in [9.17, 15) is 14.9 Å². The van der Waals surface area contributed by atoms with Crippen LogP contribution in [0.4, 0.5) is 10.7 Å². The number of rotatable bonds is 4. The van der Waals surface area contributed by atoms with Crippen LogP contribution in [0, 0.1) is 21.4 Å². The number of nitro groups is 1. The topological polar surface area (TPSA) is 84.3 Å². The van der Waals surface area contributed by atoms with Crippen molar-refractivity contribution >= 4 is 43.9 Å². The Balaban J connectivity index is 1.64. The van der Waals surface area contributed by atoms with Crippen LogP contribution >= 0.6 is 27.3 Å². The quantitative estimate of drug-likeness (QED) is 0.429. The van der Waals surface area contributed by atoms with Crippen molar-refractivity contribution in [2.45, 2.75) is 52.6 Å². The maximum Gasteiger partial charge on any atom is 0.283 e. The highest BCUT2D eigenvalue weighted by molar-refractivity contribution is 9.10. The summed E-state index contributed by atoms with van der Waals surface area (Å²) in [6, 6.07) is 4.93. The maximum atomic E-state index is 12.9. The number of benzene rings is 1. The molecule has 6 nitrogen and oxygen atoms in total. The van der Waals surface area contributed by atoms with Gasteiger partial charge in [0, 0.05) is 16.5 Å². The molecule has 1 aliphatic carbocycles. The number of nitrogens with zero attached hydrogens (tertiary/aromatic N) is 1. The molecule has 0 fully saturated rings. The van der Waals surface area contributed by atoms with E-state index in [0.717, 1.165) is 36.2 Å². The number of anilines is 1. The number of nitrogens with one attached hydrogen (secondary N) is 2. The lowest BCUT2D eigenvalue weighted by Gasteiger charge is -2.36. The Kier molecular flexibility index (Phi) is 5.19. The number of hydrogen-bond donors (Lipinski definition) is 2. The second-order valence-electron chi connectivity index (χ2n) is 8.51. The highest BCUT2D eigenvalue weighted by Crippen LogP contribution is 2.47. The molecule has 0 unspecified atom stereocenters. The van der Waals surface area contributed by atoms with Gasteiger partial charge in [-0.15, -0.1) is 11.3 Å². The number of carbonyl (C=O) groups excluding carboxylic acids is 1. The number of thiophene rings is 1. The third-order valence-electron chi connectivity index (χ3n) is 6.56. The Morgan fingerprint density at radius 2 is 2.10 bits per heavy atom. The Morgan fingerprint density at radius 1 is 1.34 bits per heavy atom. The third-order valence-corrected chi connectivity index (χ3v) is 8.42. The summed E-state index contributed by atoms with van der Waals surface area (Å²) in [5.74, 6) is 0.521. The van der Waals surface area contributed by atoms with Crippen molar-refractivity contribution < 1.29 is 9.72 Å². The molecule has 2 heterocycles. The molecule has 2 aromatic rings. The van der Waals surface area contributed by atoms with E-state index in [-0.39, 0.29) is 17.0 Å². The van der Waals surface area contributed by atoms with Gasteiger partial charge in [0.1, 0.15) is 11.2 Å². The molecule has 2 N–H and O–H groups in total. The van der Waals surface area contributed by atoms with Crippen molar-refractivity contribution in [1.82, 2.24) is 5.32 Å². The fraction of sp³-hybridized carbons (Fsp3) is 0.476. The van der Waals surface area contributed by atoms with E-state index >= 15 is 0 Å². The van der Waals surface area contributed by atoms with Crippen LogP contribution in [0.5, 0.6) is 0 Å². The van der Waals surface area contributed by atoms with Crippen LogP contribution in [0.2, 0.25) is 0 Å². The monoisotopic (exact) mass is 477 g/mol. The number of nitro benzene ring substituents is 1. The summed E-state index contributed by atoms with van der Waals surface area (Å²) in [5.41, 5.74) is 2.88. The molecule has 1 amide bonds. The van der Waals surface area contributed by atoms with E-state index in [1.165, 1.54) is 16.5 Å². The van der Waals surface area contributed by atoms with Crippen molar-refractivity contribution in [2.75, 3.05) is 5.32 Å². The van der Waals surface area contributed by atoms with Gasteiger partial charge in [-0.1, -0.05) is 33.3 Å². The van der Waals surface area contributed by atoms with Gasteiger partial charge in [-0.25, -0.2) is 0 Å². The Labute approximate surface area is 182 Å². The van der Waals surface area contributed by atoms with E-state index in [4.69, 9.17) is 0 Å². The van der Waals surface area contributed by atoms with Gasteiger partial charge in [-0.2, -0.15) is 0 Å². The van der Waals surface area contributed by atoms with Crippen molar-refractivity contribution in [2.24, 2.45) is 11.3 Å². The second-order valence-corrected chi connectivity index (χ2v) is 10.5. The second kappa shape index (κ2) is 7.40. The normalized spacial score (nSPS) is 21.0. The first-order chi connectivity index (χ1) is 13.7. The summed E-state index contributed by atoms with van der Waals surface area (Å²) >= 11 is 4.88. The highest BCUT2D eigenvalue weighted by Gasteiger charge is 2.37. The zero-order valence-corrected chi connectivity index (χ0v) is 19.1. The number of halogens is 1. The predicted octanol–water partition coefficient (Wildman–Crippen LogP) is 5.81. The summed E-state index contributed by atoms with van der Waals surface area (Å²) < 4.78 is 0.422. The molecule has 4 rings (SSSR count). The molecule has 2 aliphatic rings. The molecule has 154 valence electrons. The minimum absolute atomic E-state index is 0.0144. The van der Waals surface area contributed by atoms with Crippen molar-refractivity contribution in [3.8, 4) is 0 Å². The Bertz CT molecular complexity index is 1000. The van der Waals surface area contributed by atoms with Crippen LogP contribution < -0.4 is 10.6 Å². The first kappa shape index (κ1) is 20.3. The smallest absolute Gasteiger partial charge is 0.283 e. The number of fused-ring (bicyclic) bond motifs is 3. The Hall–Kier alpha value is -1.93. The third kappa shape index (κ3) is 3.57. The zero-order valence-electron chi connectivity index (χ0n) is 16.7.